The fourth-order valence-corrected chi connectivity index (χ4v) is 4.32. The van der Waals surface area contributed by atoms with Crippen LogP contribution in [0.15, 0.2) is 51.9 Å². The number of para-hydroxylation sites is 1. The summed E-state index contributed by atoms with van der Waals surface area (Å²) >= 11 is 1.36. The van der Waals surface area contributed by atoms with Crippen LogP contribution in [0.2, 0.25) is 0 Å². The smallest absolute Gasteiger partial charge is 0.315 e. The predicted molar refractivity (Wildman–Crippen MR) is 111 cm³/mol. The molecule has 0 aliphatic heterocycles. The van der Waals surface area contributed by atoms with Gasteiger partial charge in [-0.3, -0.25) is 4.79 Å². The number of benzene rings is 2. The number of amides is 1. The van der Waals surface area contributed by atoms with Gasteiger partial charge in [-0.25, -0.2) is 0 Å². The lowest BCUT2D eigenvalue weighted by atomic mass is 10.2. The fraction of sp³-hybridized carbons (Fsp3) is 0.238. The third-order valence-electron chi connectivity index (χ3n) is 4.54. The molecule has 0 spiro atoms. The van der Waals surface area contributed by atoms with Gasteiger partial charge in [0.1, 0.15) is 27.3 Å². The zero-order valence-corrected chi connectivity index (χ0v) is 17.1. The Morgan fingerprint density at radius 1 is 1.10 bits per heavy atom. The Morgan fingerprint density at radius 3 is 2.59 bits per heavy atom. The SMILES string of the molecule is COCCn1c(=NC(=O)c2cc3ccccc3o2)sc2c(OC)ccc(OC)c21. The molecule has 8 heteroatoms. The summed E-state index contributed by atoms with van der Waals surface area (Å²) in [5, 5.41) is 0.859. The number of hydrogen-bond donors (Lipinski definition) is 0. The van der Waals surface area contributed by atoms with Crippen LogP contribution < -0.4 is 14.3 Å². The van der Waals surface area contributed by atoms with Crippen molar-refractivity contribution in [1.82, 2.24) is 4.57 Å². The van der Waals surface area contributed by atoms with Crippen molar-refractivity contribution in [3.8, 4) is 11.5 Å². The molecule has 0 aliphatic rings. The van der Waals surface area contributed by atoms with Crippen LogP contribution in [-0.4, -0.2) is 38.4 Å². The van der Waals surface area contributed by atoms with Gasteiger partial charge in [-0.05, 0) is 24.3 Å². The summed E-state index contributed by atoms with van der Waals surface area (Å²) in [7, 11) is 4.84. The van der Waals surface area contributed by atoms with E-state index >= 15 is 0 Å². The van der Waals surface area contributed by atoms with Gasteiger partial charge in [-0.15, -0.1) is 0 Å². The van der Waals surface area contributed by atoms with Gasteiger partial charge < -0.3 is 23.2 Å². The van der Waals surface area contributed by atoms with Crippen molar-refractivity contribution in [1.29, 1.82) is 0 Å². The Bertz CT molecular complexity index is 1220. The Balaban J connectivity index is 1.89. The number of aromatic nitrogens is 1. The molecule has 0 radical (unpaired) electrons. The number of methoxy groups -OCH3 is 3. The lowest BCUT2D eigenvalue weighted by Crippen LogP contribution is -2.19. The van der Waals surface area contributed by atoms with Crippen molar-refractivity contribution in [3.63, 3.8) is 0 Å². The second-order valence-corrected chi connectivity index (χ2v) is 7.22. The van der Waals surface area contributed by atoms with E-state index in [4.69, 9.17) is 18.6 Å². The minimum atomic E-state index is -0.447. The third kappa shape index (κ3) is 3.52. The zero-order chi connectivity index (χ0) is 20.4. The van der Waals surface area contributed by atoms with Crippen molar-refractivity contribution in [2.45, 2.75) is 6.54 Å². The zero-order valence-electron chi connectivity index (χ0n) is 16.3. The van der Waals surface area contributed by atoms with Crippen LogP contribution >= 0.6 is 11.3 Å². The maximum Gasteiger partial charge on any atom is 0.315 e. The Kier molecular flexibility index (Phi) is 5.37. The lowest BCUT2D eigenvalue weighted by molar-refractivity contribution is 0.0973. The first-order chi connectivity index (χ1) is 14.2. The van der Waals surface area contributed by atoms with Gasteiger partial charge in [0, 0.05) is 19.0 Å². The van der Waals surface area contributed by atoms with Gasteiger partial charge in [0.15, 0.2) is 10.6 Å². The van der Waals surface area contributed by atoms with Crippen LogP contribution in [0.25, 0.3) is 21.2 Å². The van der Waals surface area contributed by atoms with E-state index in [1.54, 1.807) is 27.4 Å². The molecular formula is C21H20N2O5S. The van der Waals surface area contributed by atoms with Crippen molar-refractivity contribution in [2.75, 3.05) is 27.9 Å². The summed E-state index contributed by atoms with van der Waals surface area (Å²) in [5.41, 5.74) is 1.46. The van der Waals surface area contributed by atoms with Gasteiger partial charge in [0.2, 0.25) is 0 Å². The van der Waals surface area contributed by atoms with E-state index < -0.39 is 5.91 Å². The highest BCUT2D eigenvalue weighted by Gasteiger charge is 2.18. The quantitative estimate of drug-likeness (QED) is 0.481. The summed E-state index contributed by atoms with van der Waals surface area (Å²) in [6, 6.07) is 12.8. The Morgan fingerprint density at radius 2 is 1.86 bits per heavy atom. The monoisotopic (exact) mass is 412 g/mol. The first-order valence-electron chi connectivity index (χ1n) is 8.97. The highest BCUT2D eigenvalue weighted by Crippen LogP contribution is 2.35. The minimum absolute atomic E-state index is 0.195. The predicted octanol–water partition coefficient (Wildman–Crippen LogP) is 3.85. The molecule has 0 bridgehead atoms. The van der Waals surface area contributed by atoms with Crippen LogP contribution in [0.1, 0.15) is 10.6 Å². The van der Waals surface area contributed by atoms with Crippen molar-refractivity contribution < 1.29 is 23.4 Å². The molecule has 150 valence electrons. The molecule has 4 aromatic rings. The molecule has 0 fully saturated rings. The molecule has 1 amide bonds. The van der Waals surface area contributed by atoms with Gasteiger partial charge >= 0.3 is 5.91 Å². The second-order valence-electron chi connectivity index (χ2n) is 6.24. The van der Waals surface area contributed by atoms with E-state index in [-0.39, 0.29) is 5.76 Å². The highest BCUT2D eigenvalue weighted by atomic mass is 32.1. The average molecular weight is 412 g/mol. The Labute approximate surface area is 170 Å². The molecule has 2 aromatic heterocycles. The standard InChI is InChI=1S/C21H20N2O5S/c1-25-11-10-23-18-15(26-2)8-9-16(27-3)19(18)29-21(23)22-20(24)17-12-13-6-4-5-7-14(13)28-17/h4-9,12H,10-11H2,1-3H3. The number of hydrogen-bond acceptors (Lipinski definition) is 6. The van der Waals surface area contributed by atoms with E-state index in [0.29, 0.717) is 35.0 Å². The molecule has 0 unspecified atom stereocenters. The van der Waals surface area contributed by atoms with Crippen LogP contribution in [0, 0.1) is 0 Å². The molecule has 0 N–H and O–H groups in total. The van der Waals surface area contributed by atoms with E-state index in [9.17, 15) is 4.79 Å². The molecule has 29 heavy (non-hydrogen) atoms. The van der Waals surface area contributed by atoms with Crippen LogP contribution in [0.4, 0.5) is 0 Å². The number of carbonyl (C=O) groups excluding carboxylic acids is 1. The first-order valence-corrected chi connectivity index (χ1v) is 9.78. The summed E-state index contributed by atoms with van der Waals surface area (Å²) in [4.78, 5) is 17.7. The number of fused-ring (bicyclic) bond motifs is 2. The van der Waals surface area contributed by atoms with Crippen LogP contribution in [0.5, 0.6) is 11.5 Å². The summed E-state index contributed by atoms with van der Waals surface area (Å²) in [5.74, 6) is 1.11. The fourth-order valence-electron chi connectivity index (χ4n) is 3.16. The number of rotatable bonds is 6. The molecule has 0 atom stereocenters. The molecule has 2 heterocycles. The van der Waals surface area contributed by atoms with Gasteiger partial charge in [-0.1, -0.05) is 29.5 Å². The summed E-state index contributed by atoms with van der Waals surface area (Å²) in [6.07, 6.45) is 0. The normalized spacial score (nSPS) is 12.0. The average Bonchev–Trinajstić information content (AvgIpc) is 3.33. The first kappa shape index (κ1) is 19.2. The number of thiazole rings is 1. The van der Waals surface area contributed by atoms with Crippen LogP contribution in [-0.2, 0) is 11.3 Å². The van der Waals surface area contributed by atoms with Crippen molar-refractivity contribution in [3.05, 3.63) is 53.0 Å². The molecule has 0 aliphatic carbocycles. The summed E-state index contributed by atoms with van der Waals surface area (Å²) in [6.45, 7) is 0.963. The van der Waals surface area contributed by atoms with E-state index in [1.807, 2.05) is 41.0 Å². The number of ether oxygens (including phenoxy) is 3. The third-order valence-corrected chi connectivity index (χ3v) is 5.64. The maximum absolute atomic E-state index is 12.8. The maximum atomic E-state index is 12.8. The van der Waals surface area contributed by atoms with E-state index in [2.05, 4.69) is 4.99 Å². The number of nitrogens with zero attached hydrogens (tertiary/aromatic N) is 2. The largest absolute Gasteiger partial charge is 0.495 e. The molecule has 4 rings (SSSR count). The lowest BCUT2D eigenvalue weighted by Gasteiger charge is -2.09. The van der Waals surface area contributed by atoms with E-state index in [0.717, 1.165) is 15.6 Å². The molecule has 2 aromatic carbocycles. The minimum Gasteiger partial charge on any atom is -0.495 e. The molecule has 0 saturated heterocycles. The summed E-state index contributed by atoms with van der Waals surface area (Å²) < 4.78 is 24.7. The van der Waals surface area contributed by atoms with Crippen molar-refractivity contribution in [2.24, 2.45) is 4.99 Å². The molecule has 7 nitrogen and oxygen atoms in total. The second kappa shape index (κ2) is 8.10. The van der Waals surface area contributed by atoms with Crippen molar-refractivity contribution >= 4 is 38.4 Å². The molecule has 0 saturated carbocycles. The van der Waals surface area contributed by atoms with Crippen LogP contribution in [0.3, 0.4) is 0 Å². The van der Waals surface area contributed by atoms with Gasteiger partial charge in [0.25, 0.3) is 0 Å². The number of furan rings is 1. The van der Waals surface area contributed by atoms with Gasteiger partial charge in [0.05, 0.1) is 20.8 Å². The molecular weight excluding hydrogens is 392 g/mol. The Hall–Kier alpha value is -3.10. The van der Waals surface area contributed by atoms with E-state index in [1.165, 1.54) is 11.3 Å². The highest BCUT2D eigenvalue weighted by molar-refractivity contribution is 7.16. The topological polar surface area (TPSA) is 75.2 Å². The number of carbonyl (C=O) groups is 1. The van der Waals surface area contributed by atoms with Gasteiger partial charge in [-0.2, -0.15) is 4.99 Å².